The average Bonchev–Trinajstić information content (AvgIpc) is 2.41. The van der Waals surface area contributed by atoms with Crippen molar-refractivity contribution in [3.05, 3.63) is 33.8 Å². The number of halogens is 1. The molecule has 0 aliphatic carbocycles. The fourth-order valence-electron chi connectivity index (χ4n) is 2.79. The van der Waals surface area contributed by atoms with E-state index in [1.54, 1.807) is 0 Å². The van der Waals surface area contributed by atoms with E-state index < -0.39 is 11.9 Å². The molecule has 0 radical (unpaired) electrons. The molecule has 1 aliphatic rings. The minimum absolute atomic E-state index is 0.120. The summed E-state index contributed by atoms with van der Waals surface area (Å²) in [5.74, 6) is -0.944. The summed E-state index contributed by atoms with van der Waals surface area (Å²) in [6, 6.07) is 5.88. The Morgan fingerprint density at radius 2 is 2.15 bits per heavy atom. The summed E-state index contributed by atoms with van der Waals surface area (Å²) in [4.78, 5) is 13.5. The van der Waals surface area contributed by atoms with Gasteiger partial charge in [-0.2, -0.15) is 0 Å². The normalized spacial score (nSPS) is 18.9. The van der Waals surface area contributed by atoms with Gasteiger partial charge in [0.1, 0.15) is 0 Å². The van der Waals surface area contributed by atoms with Gasteiger partial charge in [0, 0.05) is 11.0 Å². The predicted molar refractivity (Wildman–Crippen MR) is 83.0 cm³/mol. The lowest BCUT2D eigenvalue weighted by Gasteiger charge is -2.30. The van der Waals surface area contributed by atoms with Crippen LogP contribution in [0.1, 0.15) is 35.8 Å². The van der Waals surface area contributed by atoms with Gasteiger partial charge in [-0.05, 0) is 56.1 Å². The van der Waals surface area contributed by atoms with Crippen LogP contribution in [-0.2, 0) is 4.79 Å². The molecule has 110 valence electrons. The van der Waals surface area contributed by atoms with Crippen LogP contribution in [0.4, 0.5) is 0 Å². The van der Waals surface area contributed by atoms with Crippen molar-refractivity contribution < 1.29 is 9.90 Å². The molecule has 0 bridgehead atoms. The van der Waals surface area contributed by atoms with Crippen molar-refractivity contribution in [3.63, 3.8) is 0 Å². The molecule has 4 nitrogen and oxygen atoms in total. The van der Waals surface area contributed by atoms with Gasteiger partial charge in [0.05, 0.1) is 5.92 Å². The van der Waals surface area contributed by atoms with Gasteiger partial charge in [-0.3, -0.25) is 4.79 Å². The second-order valence-electron chi connectivity index (χ2n) is 5.49. The summed E-state index contributed by atoms with van der Waals surface area (Å²) in [6.07, 6.45) is 2.29. The standard InChI is InChI=1S/C15H21BrN2O2/c1-18-6-4-10(5-7-18)12-3-2-11(8-14(12)16)13(9-17)15(19)20/h2-3,8,10,13H,4-7,9,17H2,1H3,(H,19,20). The first-order valence-electron chi connectivity index (χ1n) is 6.93. The first-order valence-corrected chi connectivity index (χ1v) is 7.73. The molecule has 3 N–H and O–H groups in total. The highest BCUT2D eigenvalue weighted by molar-refractivity contribution is 9.10. The highest BCUT2D eigenvalue weighted by Crippen LogP contribution is 2.34. The van der Waals surface area contributed by atoms with Gasteiger partial charge in [0.2, 0.25) is 0 Å². The molecule has 1 heterocycles. The molecule has 1 fully saturated rings. The number of carboxylic acid groups (broad SMARTS) is 1. The maximum absolute atomic E-state index is 11.2. The Labute approximate surface area is 128 Å². The van der Waals surface area contributed by atoms with Gasteiger partial charge >= 0.3 is 5.97 Å². The molecule has 1 aliphatic heterocycles. The zero-order chi connectivity index (χ0) is 14.7. The van der Waals surface area contributed by atoms with E-state index in [0.717, 1.165) is 36.0 Å². The van der Waals surface area contributed by atoms with E-state index in [2.05, 4.69) is 33.9 Å². The molecule has 1 atom stereocenters. The van der Waals surface area contributed by atoms with Crippen molar-refractivity contribution in [1.29, 1.82) is 0 Å². The first kappa shape index (κ1) is 15.5. The quantitative estimate of drug-likeness (QED) is 0.883. The van der Waals surface area contributed by atoms with E-state index in [-0.39, 0.29) is 6.54 Å². The Hall–Kier alpha value is -0.910. The smallest absolute Gasteiger partial charge is 0.312 e. The average molecular weight is 341 g/mol. The molecule has 5 heteroatoms. The van der Waals surface area contributed by atoms with Crippen molar-refractivity contribution >= 4 is 21.9 Å². The van der Waals surface area contributed by atoms with Crippen molar-refractivity contribution in [1.82, 2.24) is 4.90 Å². The minimum Gasteiger partial charge on any atom is -0.481 e. The van der Waals surface area contributed by atoms with Crippen LogP contribution in [-0.4, -0.2) is 42.7 Å². The Morgan fingerprint density at radius 1 is 1.50 bits per heavy atom. The van der Waals surface area contributed by atoms with E-state index in [4.69, 9.17) is 10.8 Å². The molecule has 1 aromatic rings. The number of nitrogens with two attached hydrogens (primary N) is 1. The molecular weight excluding hydrogens is 320 g/mol. The second-order valence-corrected chi connectivity index (χ2v) is 6.34. The molecule has 2 rings (SSSR count). The van der Waals surface area contributed by atoms with Crippen LogP contribution in [0.3, 0.4) is 0 Å². The third kappa shape index (κ3) is 3.40. The monoisotopic (exact) mass is 340 g/mol. The maximum atomic E-state index is 11.2. The van der Waals surface area contributed by atoms with Crippen molar-refractivity contribution in [2.24, 2.45) is 5.73 Å². The van der Waals surface area contributed by atoms with Crippen LogP contribution in [0.2, 0.25) is 0 Å². The zero-order valence-corrected chi connectivity index (χ0v) is 13.3. The molecule has 1 aromatic carbocycles. The third-order valence-corrected chi connectivity index (χ3v) is 4.81. The predicted octanol–water partition coefficient (Wildman–Crippen LogP) is 2.39. The molecule has 1 unspecified atom stereocenters. The van der Waals surface area contributed by atoms with E-state index in [1.165, 1.54) is 5.56 Å². The summed E-state index contributed by atoms with van der Waals surface area (Å²) in [6.45, 7) is 2.34. The van der Waals surface area contributed by atoms with Gasteiger partial charge in [-0.25, -0.2) is 0 Å². The van der Waals surface area contributed by atoms with Gasteiger partial charge < -0.3 is 15.7 Å². The molecule has 0 aromatic heterocycles. The number of piperidine rings is 1. The van der Waals surface area contributed by atoms with E-state index in [0.29, 0.717) is 5.92 Å². The van der Waals surface area contributed by atoms with Gasteiger partial charge in [-0.1, -0.05) is 28.1 Å². The lowest BCUT2D eigenvalue weighted by Crippen LogP contribution is -2.29. The summed E-state index contributed by atoms with van der Waals surface area (Å²) >= 11 is 3.60. The van der Waals surface area contributed by atoms with Crippen LogP contribution in [0.25, 0.3) is 0 Å². The van der Waals surface area contributed by atoms with Crippen LogP contribution in [0.15, 0.2) is 22.7 Å². The largest absolute Gasteiger partial charge is 0.481 e. The summed E-state index contributed by atoms with van der Waals surface area (Å²) in [5.41, 5.74) is 7.60. The highest BCUT2D eigenvalue weighted by Gasteiger charge is 2.23. The van der Waals surface area contributed by atoms with Crippen molar-refractivity contribution in [2.45, 2.75) is 24.7 Å². The number of hydrogen-bond donors (Lipinski definition) is 2. The second kappa shape index (κ2) is 6.70. The van der Waals surface area contributed by atoms with E-state index >= 15 is 0 Å². The fourth-order valence-corrected chi connectivity index (χ4v) is 3.51. The number of likely N-dealkylation sites (tertiary alicyclic amines) is 1. The summed E-state index contributed by atoms with van der Waals surface area (Å²) in [5, 5.41) is 9.16. The zero-order valence-electron chi connectivity index (χ0n) is 11.7. The number of nitrogens with zero attached hydrogens (tertiary/aromatic N) is 1. The number of benzene rings is 1. The SMILES string of the molecule is CN1CCC(c2ccc(C(CN)C(=O)O)cc2Br)CC1. The minimum atomic E-state index is -0.869. The molecule has 0 saturated carbocycles. The first-order chi connectivity index (χ1) is 9.52. The Kier molecular flexibility index (Phi) is 5.18. The Balaban J connectivity index is 2.19. The lowest BCUT2D eigenvalue weighted by molar-refractivity contribution is -0.138. The Bertz CT molecular complexity index is 485. The molecule has 0 amide bonds. The molecule has 20 heavy (non-hydrogen) atoms. The number of aliphatic carboxylic acids is 1. The summed E-state index contributed by atoms with van der Waals surface area (Å²) < 4.78 is 1.00. The van der Waals surface area contributed by atoms with Crippen LogP contribution >= 0.6 is 15.9 Å². The molecule has 1 saturated heterocycles. The lowest BCUT2D eigenvalue weighted by atomic mass is 9.88. The number of rotatable bonds is 4. The van der Waals surface area contributed by atoms with E-state index in [1.807, 2.05) is 12.1 Å². The third-order valence-electron chi connectivity index (χ3n) is 4.12. The number of hydrogen-bond acceptors (Lipinski definition) is 3. The molecular formula is C15H21BrN2O2. The number of carbonyl (C=O) groups is 1. The van der Waals surface area contributed by atoms with Crippen molar-refractivity contribution in [3.8, 4) is 0 Å². The highest BCUT2D eigenvalue weighted by atomic mass is 79.9. The van der Waals surface area contributed by atoms with Crippen LogP contribution in [0, 0.1) is 0 Å². The van der Waals surface area contributed by atoms with Gasteiger partial charge in [0.25, 0.3) is 0 Å². The molecule has 0 spiro atoms. The number of carboxylic acids is 1. The Morgan fingerprint density at radius 3 is 2.65 bits per heavy atom. The van der Waals surface area contributed by atoms with Crippen LogP contribution < -0.4 is 5.73 Å². The summed E-state index contributed by atoms with van der Waals surface area (Å²) in [7, 11) is 2.15. The maximum Gasteiger partial charge on any atom is 0.312 e. The van der Waals surface area contributed by atoms with Gasteiger partial charge in [0.15, 0.2) is 0 Å². The fraction of sp³-hybridized carbons (Fsp3) is 0.533. The topological polar surface area (TPSA) is 66.6 Å². The van der Waals surface area contributed by atoms with Gasteiger partial charge in [-0.15, -0.1) is 0 Å². The van der Waals surface area contributed by atoms with Crippen molar-refractivity contribution in [2.75, 3.05) is 26.7 Å². The van der Waals surface area contributed by atoms with Crippen LogP contribution in [0.5, 0.6) is 0 Å². The van der Waals surface area contributed by atoms with E-state index in [9.17, 15) is 4.79 Å².